The van der Waals surface area contributed by atoms with Gasteiger partial charge in [0.2, 0.25) is 0 Å². The van der Waals surface area contributed by atoms with E-state index in [9.17, 15) is 9.59 Å². The average molecular weight is 491 g/mol. The lowest BCUT2D eigenvalue weighted by molar-refractivity contribution is 0.0846. The number of ether oxygens (including phenoxy) is 2. The lowest BCUT2D eigenvalue weighted by Crippen LogP contribution is -2.41. The normalized spacial score (nSPS) is 10.6. The number of nitrogens with one attached hydrogen (secondary N) is 2. The van der Waals surface area contributed by atoms with Gasteiger partial charge in [0.1, 0.15) is 11.5 Å². The molecule has 0 aromatic heterocycles. The van der Waals surface area contributed by atoms with Crippen molar-refractivity contribution >= 4 is 27.7 Å². The second-order valence-electron chi connectivity index (χ2n) is 7.69. The lowest BCUT2D eigenvalue weighted by atomic mass is 10.2. The molecule has 0 heterocycles. The van der Waals surface area contributed by atoms with Crippen molar-refractivity contribution in [1.29, 1.82) is 0 Å². The van der Waals surface area contributed by atoms with Gasteiger partial charge in [-0.05, 0) is 70.7 Å². The minimum absolute atomic E-state index is 0.406. The Balaban J connectivity index is 1.83. The standard InChI is InChI=1S/C24H31BrN2O4/c1-4-5-6-7-14-30-22-13-10-19(15-21(22)25)24(29)27-26-23(28)18-8-11-20(12-9-18)31-16-17(2)3/h8-13,15,17H,4-7,14,16H2,1-3H3,(H,26,28)(H,27,29). The van der Waals surface area contributed by atoms with Gasteiger partial charge in [-0.15, -0.1) is 0 Å². The summed E-state index contributed by atoms with van der Waals surface area (Å²) in [6.07, 6.45) is 4.52. The van der Waals surface area contributed by atoms with Crippen LogP contribution in [0.2, 0.25) is 0 Å². The van der Waals surface area contributed by atoms with Gasteiger partial charge in [-0.1, -0.05) is 40.0 Å². The summed E-state index contributed by atoms with van der Waals surface area (Å²) < 4.78 is 12.1. The van der Waals surface area contributed by atoms with E-state index in [1.807, 2.05) is 0 Å². The summed E-state index contributed by atoms with van der Waals surface area (Å²) in [6, 6.07) is 11.9. The molecule has 2 aromatic carbocycles. The quantitative estimate of drug-likeness (QED) is 0.321. The number of hydrogen-bond acceptors (Lipinski definition) is 4. The molecule has 0 fully saturated rings. The first kappa shape index (κ1) is 24.7. The fourth-order valence-electron chi connectivity index (χ4n) is 2.69. The van der Waals surface area contributed by atoms with E-state index >= 15 is 0 Å². The molecule has 31 heavy (non-hydrogen) atoms. The zero-order valence-corrected chi connectivity index (χ0v) is 20.0. The first-order valence-electron chi connectivity index (χ1n) is 10.7. The molecule has 0 spiro atoms. The van der Waals surface area contributed by atoms with Gasteiger partial charge in [-0.2, -0.15) is 0 Å². The highest BCUT2D eigenvalue weighted by molar-refractivity contribution is 9.10. The Morgan fingerprint density at radius 2 is 1.55 bits per heavy atom. The van der Waals surface area contributed by atoms with Crippen molar-refractivity contribution in [3.63, 3.8) is 0 Å². The fourth-order valence-corrected chi connectivity index (χ4v) is 3.19. The Kier molecular flexibility index (Phi) is 10.4. The number of carbonyl (C=O) groups excluding carboxylic acids is 2. The van der Waals surface area contributed by atoms with Crippen LogP contribution in [-0.4, -0.2) is 25.0 Å². The van der Waals surface area contributed by atoms with Gasteiger partial charge in [0.15, 0.2) is 0 Å². The smallest absolute Gasteiger partial charge is 0.269 e. The predicted molar refractivity (Wildman–Crippen MR) is 125 cm³/mol. The number of hydrogen-bond donors (Lipinski definition) is 2. The van der Waals surface area contributed by atoms with Crippen molar-refractivity contribution < 1.29 is 19.1 Å². The summed E-state index contributed by atoms with van der Waals surface area (Å²) in [7, 11) is 0. The van der Waals surface area contributed by atoms with E-state index in [0.29, 0.717) is 46.2 Å². The van der Waals surface area contributed by atoms with Crippen LogP contribution in [0, 0.1) is 5.92 Å². The molecule has 0 aliphatic heterocycles. The molecule has 7 heteroatoms. The predicted octanol–water partition coefficient (Wildman–Crippen LogP) is 5.52. The van der Waals surface area contributed by atoms with Crippen LogP contribution in [0.25, 0.3) is 0 Å². The summed E-state index contributed by atoms with van der Waals surface area (Å²) in [5, 5.41) is 0. The van der Waals surface area contributed by atoms with Crippen LogP contribution < -0.4 is 20.3 Å². The number of hydrazine groups is 1. The van der Waals surface area contributed by atoms with Gasteiger partial charge in [0, 0.05) is 11.1 Å². The summed E-state index contributed by atoms with van der Waals surface area (Å²) in [5.41, 5.74) is 5.69. The van der Waals surface area contributed by atoms with Gasteiger partial charge >= 0.3 is 0 Å². The van der Waals surface area contributed by atoms with Crippen molar-refractivity contribution in [2.24, 2.45) is 5.92 Å². The summed E-state index contributed by atoms with van der Waals surface area (Å²) in [6.45, 7) is 7.56. The molecular weight excluding hydrogens is 460 g/mol. The van der Waals surface area contributed by atoms with Crippen LogP contribution in [0.5, 0.6) is 11.5 Å². The van der Waals surface area contributed by atoms with Crippen LogP contribution in [0.15, 0.2) is 46.9 Å². The number of amides is 2. The first-order chi connectivity index (χ1) is 14.9. The molecule has 168 valence electrons. The Morgan fingerprint density at radius 3 is 2.16 bits per heavy atom. The number of rotatable bonds is 11. The molecule has 0 bridgehead atoms. The van der Waals surface area contributed by atoms with E-state index < -0.39 is 11.8 Å². The average Bonchev–Trinajstić information content (AvgIpc) is 2.76. The number of halogens is 1. The summed E-state index contributed by atoms with van der Waals surface area (Å²) in [5.74, 6) is 0.989. The monoisotopic (exact) mass is 490 g/mol. The number of carbonyl (C=O) groups is 2. The summed E-state index contributed by atoms with van der Waals surface area (Å²) in [4.78, 5) is 24.6. The minimum atomic E-state index is -0.416. The molecule has 2 aromatic rings. The highest BCUT2D eigenvalue weighted by Gasteiger charge is 2.12. The zero-order chi connectivity index (χ0) is 22.6. The van der Waals surface area contributed by atoms with E-state index in [4.69, 9.17) is 9.47 Å². The highest BCUT2D eigenvalue weighted by Crippen LogP contribution is 2.26. The Hall–Kier alpha value is -2.54. The molecule has 0 saturated carbocycles. The van der Waals surface area contributed by atoms with Crippen LogP contribution in [0.1, 0.15) is 67.2 Å². The van der Waals surface area contributed by atoms with E-state index in [1.165, 1.54) is 12.8 Å². The summed E-state index contributed by atoms with van der Waals surface area (Å²) >= 11 is 3.44. The molecule has 0 atom stereocenters. The molecule has 0 saturated heterocycles. The van der Waals surface area contributed by atoms with Gasteiger partial charge in [0.25, 0.3) is 11.8 Å². The Bertz CT molecular complexity index is 853. The number of benzene rings is 2. The third kappa shape index (κ3) is 8.61. The van der Waals surface area contributed by atoms with E-state index in [2.05, 4.69) is 47.6 Å². The van der Waals surface area contributed by atoms with Crippen LogP contribution in [0.4, 0.5) is 0 Å². The van der Waals surface area contributed by atoms with Crippen molar-refractivity contribution in [2.75, 3.05) is 13.2 Å². The van der Waals surface area contributed by atoms with Crippen LogP contribution >= 0.6 is 15.9 Å². The Morgan fingerprint density at radius 1 is 0.903 bits per heavy atom. The van der Waals surface area contributed by atoms with Crippen molar-refractivity contribution in [1.82, 2.24) is 10.9 Å². The largest absolute Gasteiger partial charge is 0.493 e. The van der Waals surface area contributed by atoms with Crippen LogP contribution in [-0.2, 0) is 0 Å². The second-order valence-corrected chi connectivity index (χ2v) is 8.55. The maximum atomic E-state index is 12.4. The molecule has 2 rings (SSSR count). The van der Waals surface area contributed by atoms with Gasteiger partial charge < -0.3 is 9.47 Å². The zero-order valence-electron chi connectivity index (χ0n) is 18.4. The first-order valence-corrected chi connectivity index (χ1v) is 11.5. The SMILES string of the molecule is CCCCCCOc1ccc(C(=O)NNC(=O)c2ccc(OCC(C)C)cc2)cc1Br. The molecule has 0 unspecified atom stereocenters. The van der Waals surface area contributed by atoms with Crippen LogP contribution in [0.3, 0.4) is 0 Å². The molecule has 6 nitrogen and oxygen atoms in total. The van der Waals surface area contributed by atoms with Gasteiger partial charge in [-0.3, -0.25) is 20.4 Å². The van der Waals surface area contributed by atoms with E-state index in [1.54, 1.807) is 42.5 Å². The third-order valence-electron chi connectivity index (χ3n) is 4.44. The third-order valence-corrected chi connectivity index (χ3v) is 5.06. The lowest BCUT2D eigenvalue weighted by Gasteiger charge is -2.11. The van der Waals surface area contributed by atoms with Crippen molar-refractivity contribution in [2.45, 2.75) is 46.5 Å². The van der Waals surface area contributed by atoms with E-state index in [0.717, 1.165) is 12.8 Å². The minimum Gasteiger partial charge on any atom is -0.493 e. The molecule has 2 N–H and O–H groups in total. The molecule has 0 aliphatic rings. The van der Waals surface area contributed by atoms with Crippen molar-refractivity contribution in [3.8, 4) is 11.5 Å². The van der Waals surface area contributed by atoms with E-state index in [-0.39, 0.29) is 0 Å². The highest BCUT2D eigenvalue weighted by atomic mass is 79.9. The van der Waals surface area contributed by atoms with Crippen molar-refractivity contribution in [3.05, 3.63) is 58.1 Å². The van der Waals surface area contributed by atoms with Gasteiger partial charge in [-0.25, -0.2) is 0 Å². The second kappa shape index (κ2) is 13.0. The molecular formula is C24H31BrN2O4. The Labute approximate surface area is 192 Å². The number of unbranched alkanes of at least 4 members (excludes halogenated alkanes) is 3. The fraction of sp³-hybridized carbons (Fsp3) is 0.417. The maximum Gasteiger partial charge on any atom is 0.269 e. The maximum absolute atomic E-state index is 12.4. The topological polar surface area (TPSA) is 76.7 Å². The van der Waals surface area contributed by atoms with Gasteiger partial charge in [0.05, 0.1) is 17.7 Å². The molecule has 2 amide bonds. The molecule has 0 radical (unpaired) electrons. The molecule has 0 aliphatic carbocycles.